The van der Waals surface area contributed by atoms with Crippen molar-refractivity contribution in [1.82, 2.24) is 0 Å². The second-order valence-corrected chi connectivity index (χ2v) is 3.24. The molecule has 64 valence electrons. The van der Waals surface area contributed by atoms with Gasteiger partial charge in [-0.15, -0.1) is 0 Å². The highest BCUT2D eigenvalue weighted by Crippen LogP contribution is 2.05. The SMILES string of the molecule is CC(C)/N=C(\Cl)c1ccccc1. The van der Waals surface area contributed by atoms with E-state index in [1.54, 1.807) is 0 Å². The summed E-state index contributed by atoms with van der Waals surface area (Å²) in [5.41, 5.74) is 0.980. The minimum Gasteiger partial charge on any atom is -0.270 e. The Labute approximate surface area is 78.1 Å². The first-order chi connectivity index (χ1) is 5.70. The quantitative estimate of drug-likeness (QED) is 0.622. The summed E-state index contributed by atoms with van der Waals surface area (Å²) in [6.07, 6.45) is 0. The first-order valence-electron chi connectivity index (χ1n) is 3.99. The number of hydrogen-bond donors (Lipinski definition) is 0. The standard InChI is InChI=1S/C10H12ClN/c1-8(2)12-10(11)9-6-4-3-5-7-9/h3-8H,1-2H3/b12-10-. The predicted molar refractivity (Wildman–Crippen MR) is 54.0 cm³/mol. The third-order valence-corrected chi connectivity index (χ3v) is 1.70. The van der Waals surface area contributed by atoms with Crippen LogP contribution in [0.2, 0.25) is 0 Å². The smallest absolute Gasteiger partial charge is 0.131 e. The van der Waals surface area contributed by atoms with Gasteiger partial charge >= 0.3 is 0 Å². The van der Waals surface area contributed by atoms with Crippen molar-refractivity contribution in [1.29, 1.82) is 0 Å². The molecule has 0 atom stereocenters. The summed E-state index contributed by atoms with van der Waals surface area (Å²) in [5, 5.41) is 0.589. The maximum atomic E-state index is 5.95. The van der Waals surface area contributed by atoms with Gasteiger partial charge in [0.15, 0.2) is 0 Å². The molecule has 0 amide bonds. The monoisotopic (exact) mass is 181 g/mol. The molecule has 0 saturated heterocycles. The van der Waals surface area contributed by atoms with Crippen LogP contribution >= 0.6 is 11.6 Å². The average molecular weight is 182 g/mol. The second kappa shape index (κ2) is 4.27. The summed E-state index contributed by atoms with van der Waals surface area (Å²) in [6.45, 7) is 4.01. The van der Waals surface area contributed by atoms with Gasteiger partial charge in [-0.2, -0.15) is 0 Å². The minimum atomic E-state index is 0.248. The summed E-state index contributed by atoms with van der Waals surface area (Å²) >= 11 is 5.95. The molecular weight excluding hydrogens is 170 g/mol. The molecule has 1 nitrogen and oxygen atoms in total. The van der Waals surface area contributed by atoms with E-state index in [2.05, 4.69) is 4.99 Å². The lowest BCUT2D eigenvalue weighted by molar-refractivity contribution is 0.839. The number of hydrogen-bond acceptors (Lipinski definition) is 1. The number of aliphatic imine (C=N–C) groups is 1. The van der Waals surface area contributed by atoms with Crippen LogP contribution in [0, 0.1) is 0 Å². The van der Waals surface area contributed by atoms with E-state index in [1.807, 2.05) is 44.2 Å². The molecule has 0 spiro atoms. The van der Waals surface area contributed by atoms with Gasteiger partial charge in [0.05, 0.1) is 0 Å². The highest BCUT2D eigenvalue weighted by molar-refractivity contribution is 6.69. The highest BCUT2D eigenvalue weighted by Gasteiger charge is 1.98. The molecule has 0 bridgehead atoms. The molecule has 12 heavy (non-hydrogen) atoms. The van der Waals surface area contributed by atoms with E-state index in [0.29, 0.717) is 5.17 Å². The summed E-state index contributed by atoms with van der Waals surface area (Å²) in [6, 6.07) is 10.0. The molecule has 0 unspecified atom stereocenters. The van der Waals surface area contributed by atoms with Crippen molar-refractivity contribution >= 4 is 16.8 Å². The Morgan fingerprint density at radius 2 is 1.83 bits per heavy atom. The number of benzene rings is 1. The van der Waals surface area contributed by atoms with Crippen LogP contribution in [-0.4, -0.2) is 11.2 Å². The Kier molecular flexibility index (Phi) is 3.30. The van der Waals surface area contributed by atoms with Gasteiger partial charge in [-0.05, 0) is 13.8 Å². The van der Waals surface area contributed by atoms with Gasteiger partial charge in [-0.1, -0.05) is 41.9 Å². The fraction of sp³-hybridized carbons (Fsp3) is 0.300. The Balaban J connectivity index is 2.85. The van der Waals surface area contributed by atoms with Crippen molar-refractivity contribution in [3.63, 3.8) is 0 Å². The Bertz CT molecular complexity index is 264. The number of rotatable bonds is 2. The van der Waals surface area contributed by atoms with E-state index in [9.17, 15) is 0 Å². The van der Waals surface area contributed by atoms with Gasteiger partial charge in [0.2, 0.25) is 0 Å². The highest BCUT2D eigenvalue weighted by atomic mass is 35.5. The van der Waals surface area contributed by atoms with E-state index in [1.165, 1.54) is 0 Å². The number of nitrogens with zero attached hydrogens (tertiary/aromatic N) is 1. The first kappa shape index (κ1) is 9.27. The molecule has 1 aromatic carbocycles. The van der Waals surface area contributed by atoms with E-state index >= 15 is 0 Å². The van der Waals surface area contributed by atoms with Crippen LogP contribution in [0.4, 0.5) is 0 Å². The fourth-order valence-electron chi connectivity index (χ4n) is 0.877. The summed E-state index contributed by atoms with van der Waals surface area (Å²) in [7, 11) is 0. The zero-order chi connectivity index (χ0) is 8.97. The Morgan fingerprint density at radius 1 is 1.25 bits per heavy atom. The largest absolute Gasteiger partial charge is 0.270 e. The Morgan fingerprint density at radius 3 is 2.33 bits per heavy atom. The van der Waals surface area contributed by atoms with Crippen molar-refractivity contribution in [2.24, 2.45) is 4.99 Å². The average Bonchev–Trinajstić information content (AvgIpc) is 2.05. The van der Waals surface area contributed by atoms with Gasteiger partial charge in [0.25, 0.3) is 0 Å². The lowest BCUT2D eigenvalue weighted by Crippen LogP contribution is -1.96. The number of halogens is 1. The van der Waals surface area contributed by atoms with Crippen LogP contribution in [0.3, 0.4) is 0 Å². The molecule has 1 rings (SSSR count). The first-order valence-corrected chi connectivity index (χ1v) is 4.36. The molecule has 0 aliphatic rings. The zero-order valence-corrected chi connectivity index (χ0v) is 8.05. The Hall–Kier alpha value is -0.820. The summed E-state index contributed by atoms with van der Waals surface area (Å²) in [5.74, 6) is 0. The van der Waals surface area contributed by atoms with Crippen LogP contribution in [0.15, 0.2) is 35.3 Å². The zero-order valence-electron chi connectivity index (χ0n) is 7.29. The summed E-state index contributed by atoms with van der Waals surface area (Å²) < 4.78 is 0. The van der Waals surface area contributed by atoms with Gasteiger partial charge in [0, 0.05) is 11.6 Å². The summed E-state index contributed by atoms with van der Waals surface area (Å²) in [4.78, 5) is 4.23. The molecule has 0 N–H and O–H groups in total. The molecule has 1 aromatic rings. The van der Waals surface area contributed by atoms with Crippen molar-refractivity contribution < 1.29 is 0 Å². The molecule has 0 radical (unpaired) electrons. The van der Waals surface area contributed by atoms with Gasteiger partial charge < -0.3 is 0 Å². The molecule has 0 fully saturated rings. The van der Waals surface area contributed by atoms with E-state index in [-0.39, 0.29) is 6.04 Å². The maximum absolute atomic E-state index is 5.95. The van der Waals surface area contributed by atoms with Crippen LogP contribution in [0.1, 0.15) is 19.4 Å². The molecule has 0 heterocycles. The van der Waals surface area contributed by atoms with Crippen LogP contribution < -0.4 is 0 Å². The topological polar surface area (TPSA) is 12.4 Å². The van der Waals surface area contributed by atoms with Gasteiger partial charge in [-0.25, -0.2) is 0 Å². The van der Waals surface area contributed by atoms with Crippen molar-refractivity contribution in [3.05, 3.63) is 35.9 Å². The van der Waals surface area contributed by atoms with Crippen LogP contribution in [0.25, 0.3) is 0 Å². The van der Waals surface area contributed by atoms with Crippen molar-refractivity contribution in [2.45, 2.75) is 19.9 Å². The maximum Gasteiger partial charge on any atom is 0.131 e. The second-order valence-electron chi connectivity index (χ2n) is 2.88. The van der Waals surface area contributed by atoms with Crippen LogP contribution in [0.5, 0.6) is 0 Å². The molecule has 0 aliphatic heterocycles. The molecule has 0 aliphatic carbocycles. The van der Waals surface area contributed by atoms with Gasteiger partial charge in [-0.3, -0.25) is 4.99 Å². The molecular formula is C10H12ClN. The van der Waals surface area contributed by atoms with E-state index in [4.69, 9.17) is 11.6 Å². The minimum absolute atomic E-state index is 0.248. The van der Waals surface area contributed by atoms with Crippen molar-refractivity contribution in [2.75, 3.05) is 0 Å². The molecule has 0 aromatic heterocycles. The third kappa shape index (κ3) is 2.67. The van der Waals surface area contributed by atoms with E-state index in [0.717, 1.165) is 5.56 Å². The van der Waals surface area contributed by atoms with Gasteiger partial charge in [0.1, 0.15) is 5.17 Å². The fourth-order valence-corrected chi connectivity index (χ4v) is 1.20. The lowest BCUT2D eigenvalue weighted by atomic mass is 10.2. The lowest BCUT2D eigenvalue weighted by Gasteiger charge is -2.00. The third-order valence-electron chi connectivity index (χ3n) is 1.38. The van der Waals surface area contributed by atoms with E-state index < -0.39 is 0 Å². The molecule has 0 saturated carbocycles. The normalized spacial score (nSPS) is 12.2. The predicted octanol–water partition coefficient (Wildman–Crippen LogP) is 3.08. The van der Waals surface area contributed by atoms with Crippen molar-refractivity contribution in [3.8, 4) is 0 Å². The molecule has 2 heteroatoms. The van der Waals surface area contributed by atoms with Crippen LogP contribution in [-0.2, 0) is 0 Å².